The minimum Gasteiger partial charge on any atom is -0.481 e. The van der Waals surface area contributed by atoms with Gasteiger partial charge in [0, 0.05) is 17.1 Å². The van der Waals surface area contributed by atoms with Gasteiger partial charge in [-0.1, -0.05) is 23.7 Å². The van der Waals surface area contributed by atoms with Crippen LogP contribution in [0.5, 0.6) is 0 Å². The van der Waals surface area contributed by atoms with E-state index in [1.165, 1.54) is 6.33 Å². The fraction of sp³-hybridized carbons (Fsp3) is 0.294. The van der Waals surface area contributed by atoms with E-state index in [9.17, 15) is 9.59 Å². The first kappa shape index (κ1) is 16.4. The lowest BCUT2D eigenvalue weighted by atomic mass is 9.86. The lowest BCUT2D eigenvalue weighted by Crippen LogP contribution is -2.44. The highest BCUT2D eigenvalue weighted by Crippen LogP contribution is 2.38. The maximum absolute atomic E-state index is 12.9. The molecule has 24 heavy (non-hydrogen) atoms. The van der Waals surface area contributed by atoms with E-state index in [0.717, 1.165) is 5.56 Å². The van der Waals surface area contributed by atoms with Crippen molar-refractivity contribution in [3.63, 3.8) is 0 Å². The van der Waals surface area contributed by atoms with E-state index in [0.29, 0.717) is 23.7 Å². The Morgan fingerprint density at radius 3 is 2.62 bits per heavy atom. The van der Waals surface area contributed by atoms with Gasteiger partial charge in [-0.05, 0) is 36.6 Å². The first-order chi connectivity index (χ1) is 11.6. The molecular weight excluding hydrogens is 330 g/mol. The molecule has 1 aromatic heterocycles. The smallest absolute Gasteiger partial charge is 0.304 e. The highest BCUT2D eigenvalue weighted by Gasteiger charge is 2.38. The molecule has 1 amide bonds. The number of nitrogens with zero attached hydrogens (tertiary/aromatic N) is 3. The maximum atomic E-state index is 12.9. The Balaban J connectivity index is 1.97. The second kappa shape index (κ2) is 6.97. The average Bonchev–Trinajstić information content (AvgIpc) is 2.58. The fourth-order valence-electron chi connectivity index (χ4n) is 3.06. The fourth-order valence-corrected chi connectivity index (χ4v) is 3.19. The van der Waals surface area contributed by atoms with Crippen LogP contribution in [0.15, 0.2) is 42.9 Å². The van der Waals surface area contributed by atoms with E-state index in [1.54, 1.807) is 29.3 Å². The van der Waals surface area contributed by atoms with Crippen LogP contribution in [0.25, 0.3) is 0 Å². The van der Waals surface area contributed by atoms with Gasteiger partial charge in [0.25, 0.3) is 0 Å². The first-order valence-electron chi connectivity index (χ1n) is 7.62. The molecular formula is C17H16ClN3O3. The third kappa shape index (κ3) is 3.38. The van der Waals surface area contributed by atoms with Crippen LogP contribution in [0.2, 0.25) is 5.02 Å². The number of aliphatic carboxylic acids is 1. The molecule has 1 saturated heterocycles. The van der Waals surface area contributed by atoms with Crippen molar-refractivity contribution in [1.82, 2.24) is 9.97 Å². The number of rotatable bonds is 4. The summed E-state index contributed by atoms with van der Waals surface area (Å²) in [5.74, 6) is -1.26. The number of halogens is 1. The van der Waals surface area contributed by atoms with E-state index >= 15 is 0 Å². The molecule has 2 unspecified atom stereocenters. The van der Waals surface area contributed by atoms with Crippen LogP contribution in [0.1, 0.15) is 30.9 Å². The number of carboxylic acids is 1. The van der Waals surface area contributed by atoms with Crippen molar-refractivity contribution < 1.29 is 14.7 Å². The molecule has 1 aliphatic rings. The molecule has 1 fully saturated rings. The maximum Gasteiger partial charge on any atom is 0.304 e. The number of hydrogen-bond acceptors (Lipinski definition) is 4. The molecule has 0 spiro atoms. The quantitative estimate of drug-likeness (QED) is 0.920. The second-order valence-corrected chi connectivity index (χ2v) is 6.15. The average molecular weight is 346 g/mol. The number of anilines is 1. The van der Waals surface area contributed by atoms with Crippen molar-refractivity contribution in [1.29, 1.82) is 0 Å². The molecule has 0 aliphatic carbocycles. The van der Waals surface area contributed by atoms with Gasteiger partial charge in [0.15, 0.2) is 0 Å². The van der Waals surface area contributed by atoms with Crippen LogP contribution in [0.4, 0.5) is 5.82 Å². The van der Waals surface area contributed by atoms with Crippen molar-refractivity contribution >= 4 is 29.3 Å². The molecule has 1 aliphatic heterocycles. The van der Waals surface area contributed by atoms with E-state index in [1.807, 2.05) is 12.1 Å². The zero-order valence-electron chi connectivity index (χ0n) is 12.8. The monoisotopic (exact) mass is 345 g/mol. The highest BCUT2D eigenvalue weighted by atomic mass is 35.5. The summed E-state index contributed by atoms with van der Waals surface area (Å²) in [5, 5.41) is 9.67. The highest BCUT2D eigenvalue weighted by molar-refractivity contribution is 6.30. The number of carbonyl (C=O) groups excluding carboxylic acids is 1. The predicted molar refractivity (Wildman–Crippen MR) is 88.7 cm³/mol. The lowest BCUT2D eigenvalue weighted by Gasteiger charge is -2.38. The Kier molecular flexibility index (Phi) is 4.76. The van der Waals surface area contributed by atoms with Crippen molar-refractivity contribution in [3.05, 3.63) is 53.4 Å². The minimum absolute atomic E-state index is 0.173. The number of benzene rings is 1. The van der Waals surface area contributed by atoms with Gasteiger partial charge in [-0.2, -0.15) is 0 Å². The Bertz CT molecular complexity index is 737. The standard InChI is InChI=1S/C17H16ClN3O3/c18-13-4-1-11(2-5-13)14-6-3-12(9-16(22)23)17(24)21(14)15-7-8-19-10-20-15/h1-2,4-5,7-8,10,12,14H,3,6,9H2,(H,22,23). The van der Waals surface area contributed by atoms with Gasteiger partial charge in [0.2, 0.25) is 5.91 Å². The summed E-state index contributed by atoms with van der Waals surface area (Å²) in [6.45, 7) is 0. The number of hydrogen-bond donors (Lipinski definition) is 1. The zero-order valence-corrected chi connectivity index (χ0v) is 13.6. The van der Waals surface area contributed by atoms with E-state index in [-0.39, 0.29) is 18.4 Å². The summed E-state index contributed by atoms with van der Waals surface area (Å²) in [5.41, 5.74) is 0.945. The largest absolute Gasteiger partial charge is 0.481 e. The Morgan fingerprint density at radius 2 is 2.00 bits per heavy atom. The third-order valence-electron chi connectivity index (χ3n) is 4.18. The molecule has 0 radical (unpaired) electrons. The van der Waals surface area contributed by atoms with E-state index in [4.69, 9.17) is 16.7 Å². The SMILES string of the molecule is O=C(O)CC1CCC(c2ccc(Cl)cc2)N(c2ccncn2)C1=O. The van der Waals surface area contributed by atoms with Gasteiger partial charge >= 0.3 is 5.97 Å². The van der Waals surface area contributed by atoms with Crippen molar-refractivity contribution in [2.24, 2.45) is 5.92 Å². The van der Waals surface area contributed by atoms with Crippen molar-refractivity contribution in [2.45, 2.75) is 25.3 Å². The van der Waals surface area contributed by atoms with Gasteiger partial charge in [0.05, 0.1) is 12.5 Å². The predicted octanol–water partition coefficient (Wildman–Crippen LogP) is 3.09. The van der Waals surface area contributed by atoms with Crippen LogP contribution in [0, 0.1) is 5.92 Å². The summed E-state index contributed by atoms with van der Waals surface area (Å²) in [7, 11) is 0. The van der Waals surface area contributed by atoms with Gasteiger partial charge in [0.1, 0.15) is 12.1 Å². The van der Waals surface area contributed by atoms with Gasteiger partial charge in [-0.15, -0.1) is 0 Å². The van der Waals surface area contributed by atoms with Crippen molar-refractivity contribution in [3.8, 4) is 0 Å². The molecule has 2 atom stereocenters. The molecule has 7 heteroatoms. The summed E-state index contributed by atoms with van der Waals surface area (Å²) in [4.78, 5) is 33.6. The van der Waals surface area contributed by atoms with E-state index < -0.39 is 11.9 Å². The second-order valence-electron chi connectivity index (χ2n) is 5.72. The van der Waals surface area contributed by atoms with Gasteiger partial charge in [-0.25, -0.2) is 9.97 Å². The zero-order chi connectivity index (χ0) is 17.1. The molecule has 2 aromatic rings. The van der Waals surface area contributed by atoms with Crippen LogP contribution < -0.4 is 4.90 Å². The van der Waals surface area contributed by atoms with Crippen LogP contribution in [-0.4, -0.2) is 27.0 Å². The van der Waals surface area contributed by atoms with E-state index in [2.05, 4.69) is 9.97 Å². The molecule has 0 saturated carbocycles. The van der Waals surface area contributed by atoms with Crippen LogP contribution in [0.3, 0.4) is 0 Å². The van der Waals surface area contributed by atoms with Crippen LogP contribution >= 0.6 is 11.6 Å². The molecule has 1 aromatic carbocycles. The molecule has 0 bridgehead atoms. The minimum atomic E-state index is -0.971. The summed E-state index contributed by atoms with van der Waals surface area (Å²) in [6, 6.07) is 8.78. The summed E-state index contributed by atoms with van der Waals surface area (Å²) >= 11 is 5.95. The number of aromatic nitrogens is 2. The molecule has 1 N–H and O–H groups in total. The summed E-state index contributed by atoms with van der Waals surface area (Å²) < 4.78 is 0. The van der Waals surface area contributed by atoms with Gasteiger partial charge in [-0.3, -0.25) is 14.5 Å². The number of amides is 1. The molecule has 2 heterocycles. The Hall–Kier alpha value is -2.47. The lowest BCUT2D eigenvalue weighted by molar-refractivity contribution is -0.141. The topological polar surface area (TPSA) is 83.4 Å². The third-order valence-corrected chi connectivity index (χ3v) is 4.43. The molecule has 6 nitrogen and oxygen atoms in total. The van der Waals surface area contributed by atoms with Gasteiger partial charge < -0.3 is 5.11 Å². The number of carbonyl (C=O) groups is 2. The molecule has 3 rings (SSSR count). The van der Waals surface area contributed by atoms with Crippen LogP contribution in [-0.2, 0) is 9.59 Å². The normalized spacial score (nSPS) is 20.9. The number of carboxylic acid groups (broad SMARTS) is 1. The first-order valence-corrected chi connectivity index (χ1v) is 8.00. The molecule has 124 valence electrons. The number of piperidine rings is 1. The Morgan fingerprint density at radius 1 is 1.25 bits per heavy atom. The van der Waals surface area contributed by atoms with Crippen molar-refractivity contribution in [2.75, 3.05) is 4.90 Å². The Labute approximate surface area is 144 Å². The summed E-state index contributed by atoms with van der Waals surface area (Å²) in [6.07, 6.45) is 3.96.